The highest BCUT2D eigenvalue weighted by molar-refractivity contribution is 6.33. The molecular weight excluding hydrogens is 499 g/mol. The van der Waals surface area contributed by atoms with Crippen LogP contribution in [-0.2, 0) is 11.2 Å². The fraction of sp³-hybridized carbons (Fsp3) is 0.385. The van der Waals surface area contributed by atoms with Crippen molar-refractivity contribution in [2.45, 2.75) is 31.7 Å². The molecule has 1 aromatic carbocycles. The van der Waals surface area contributed by atoms with Crippen molar-refractivity contribution in [3.63, 3.8) is 0 Å². The number of ether oxygens (including phenoxy) is 1. The molecule has 1 amide bonds. The van der Waals surface area contributed by atoms with Crippen LogP contribution in [0, 0.1) is 11.8 Å². The third-order valence-electron chi connectivity index (χ3n) is 7.22. The van der Waals surface area contributed by atoms with E-state index in [0.29, 0.717) is 51.1 Å². The normalized spacial score (nSPS) is 20.1. The Morgan fingerprint density at radius 1 is 1.14 bits per heavy atom. The molecule has 0 radical (unpaired) electrons. The molecular formula is C26H29Cl2N6O2+. The monoisotopic (exact) mass is 527 g/mol. The number of nitrogens with zero attached hydrogens (tertiary/aromatic N) is 3. The zero-order valence-electron chi connectivity index (χ0n) is 20.2. The maximum absolute atomic E-state index is 12.3. The summed E-state index contributed by atoms with van der Waals surface area (Å²) in [6.45, 7) is 0.764. The third kappa shape index (κ3) is 4.73. The standard InChI is InChI=1S/C26H28Cl2N6O2/c1-29-25(35)18-5-3-4-6-20(18)31-24-19(27)14-30-26(33-24)32-21-9-8-16-13-15-7-10-22(34(16)23(21)28)17(15)11-12-36-2/h3-6,8-9,14-15,17,22H,7,10-13H2,1-2H3,(H2-,29,30,31,32,33,35)/p+1. The summed E-state index contributed by atoms with van der Waals surface area (Å²) in [6, 6.07) is 11.6. The largest absolute Gasteiger partial charge is 0.385 e. The van der Waals surface area contributed by atoms with Crippen LogP contribution in [0.1, 0.15) is 41.4 Å². The predicted molar refractivity (Wildman–Crippen MR) is 141 cm³/mol. The molecule has 36 heavy (non-hydrogen) atoms. The summed E-state index contributed by atoms with van der Waals surface area (Å²) < 4.78 is 7.65. The quantitative estimate of drug-likeness (QED) is 0.279. The SMILES string of the molecule is CNC(=O)c1ccccc1Nc1nc(Nc2ccc3[n+](c2Cl)C2CCC(C3)C2CCOC)ncc1Cl. The van der Waals surface area contributed by atoms with E-state index in [9.17, 15) is 4.79 Å². The smallest absolute Gasteiger partial charge is 0.299 e. The number of anilines is 4. The fourth-order valence-electron chi connectivity index (χ4n) is 5.54. The van der Waals surface area contributed by atoms with Crippen molar-refractivity contribution < 1.29 is 14.1 Å². The van der Waals surface area contributed by atoms with Crippen molar-refractivity contribution in [2.75, 3.05) is 31.4 Å². The van der Waals surface area contributed by atoms with Crippen LogP contribution in [-0.4, -0.2) is 36.6 Å². The first-order chi connectivity index (χ1) is 17.5. The van der Waals surface area contributed by atoms with Crippen molar-refractivity contribution in [1.29, 1.82) is 0 Å². The molecule has 2 aliphatic rings. The summed E-state index contributed by atoms with van der Waals surface area (Å²) in [5, 5.41) is 10.0. The molecule has 8 nitrogen and oxygen atoms in total. The molecule has 1 fully saturated rings. The first-order valence-electron chi connectivity index (χ1n) is 12.1. The van der Waals surface area contributed by atoms with E-state index in [2.05, 4.69) is 36.6 Å². The lowest BCUT2D eigenvalue weighted by Gasteiger charge is -2.28. The number of hydrogen-bond acceptors (Lipinski definition) is 6. The van der Waals surface area contributed by atoms with Crippen LogP contribution in [0.4, 0.5) is 23.1 Å². The van der Waals surface area contributed by atoms with Gasteiger partial charge in [-0.1, -0.05) is 23.7 Å². The molecule has 3 atom stereocenters. The number of carbonyl (C=O) groups excluding carboxylic acids is 1. The second-order valence-electron chi connectivity index (χ2n) is 9.22. The van der Waals surface area contributed by atoms with Crippen LogP contribution in [0.25, 0.3) is 0 Å². The van der Waals surface area contributed by atoms with E-state index in [1.807, 2.05) is 12.1 Å². The number of methoxy groups -OCH3 is 1. The van der Waals surface area contributed by atoms with Crippen molar-refractivity contribution >= 4 is 52.3 Å². The van der Waals surface area contributed by atoms with Crippen molar-refractivity contribution in [2.24, 2.45) is 11.8 Å². The molecule has 0 spiro atoms. The second-order valence-corrected chi connectivity index (χ2v) is 9.98. The second kappa shape index (κ2) is 10.6. The zero-order chi connectivity index (χ0) is 25.2. The highest BCUT2D eigenvalue weighted by atomic mass is 35.5. The van der Waals surface area contributed by atoms with Gasteiger partial charge in [0, 0.05) is 45.6 Å². The van der Waals surface area contributed by atoms with Gasteiger partial charge in [0.2, 0.25) is 5.95 Å². The van der Waals surface area contributed by atoms with Crippen LogP contribution in [0.5, 0.6) is 0 Å². The minimum atomic E-state index is -0.211. The molecule has 3 N–H and O–H groups in total. The number of pyridine rings is 1. The maximum atomic E-state index is 12.3. The highest BCUT2D eigenvalue weighted by Gasteiger charge is 2.48. The van der Waals surface area contributed by atoms with Gasteiger partial charge >= 0.3 is 0 Å². The molecule has 3 unspecified atom stereocenters. The first-order valence-corrected chi connectivity index (χ1v) is 12.8. The summed E-state index contributed by atoms with van der Waals surface area (Å²) >= 11 is 13.4. The number of amides is 1. The topological polar surface area (TPSA) is 92.0 Å². The predicted octanol–water partition coefficient (Wildman–Crippen LogP) is 5.08. The van der Waals surface area contributed by atoms with E-state index in [1.54, 1.807) is 32.4 Å². The summed E-state index contributed by atoms with van der Waals surface area (Å²) in [5.41, 5.74) is 3.06. The molecule has 1 aliphatic heterocycles. The number of benzene rings is 1. The van der Waals surface area contributed by atoms with Crippen LogP contribution in [0.2, 0.25) is 10.2 Å². The minimum Gasteiger partial charge on any atom is -0.385 e. The van der Waals surface area contributed by atoms with Gasteiger partial charge in [-0.15, -0.1) is 0 Å². The van der Waals surface area contributed by atoms with E-state index in [0.717, 1.165) is 31.6 Å². The van der Waals surface area contributed by atoms with E-state index in [4.69, 9.17) is 27.9 Å². The van der Waals surface area contributed by atoms with Gasteiger partial charge in [-0.3, -0.25) is 4.79 Å². The summed E-state index contributed by atoms with van der Waals surface area (Å²) in [7, 11) is 3.35. The summed E-state index contributed by atoms with van der Waals surface area (Å²) in [4.78, 5) is 21.2. The Hall–Kier alpha value is -2.94. The van der Waals surface area contributed by atoms with E-state index in [1.165, 1.54) is 18.3 Å². The van der Waals surface area contributed by atoms with Gasteiger partial charge in [0.15, 0.2) is 17.6 Å². The molecule has 5 rings (SSSR count). The molecule has 2 bridgehead atoms. The number of rotatable bonds is 8. The van der Waals surface area contributed by atoms with Gasteiger partial charge in [0.1, 0.15) is 10.7 Å². The van der Waals surface area contributed by atoms with E-state index >= 15 is 0 Å². The maximum Gasteiger partial charge on any atom is 0.299 e. The number of nitrogens with one attached hydrogen (secondary N) is 3. The average molecular weight is 528 g/mol. The van der Waals surface area contributed by atoms with Gasteiger partial charge < -0.3 is 20.7 Å². The molecule has 0 saturated heterocycles. The molecule has 3 aromatic rings. The number of fused-ring (bicyclic) bond motifs is 4. The van der Waals surface area contributed by atoms with Crippen LogP contribution < -0.4 is 20.5 Å². The summed E-state index contributed by atoms with van der Waals surface area (Å²) in [5.74, 6) is 1.77. The van der Waals surface area contributed by atoms with Crippen molar-refractivity contribution in [3.05, 3.63) is 64.0 Å². The number of para-hydroxylation sites is 1. The first kappa shape index (κ1) is 24.7. The van der Waals surface area contributed by atoms with Crippen LogP contribution >= 0.6 is 23.2 Å². The number of hydrogen-bond donors (Lipinski definition) is 3. The summed E-state index contributed by atoms with van der Waals surface area (Å²) in [6.07, 6.45) is 5.92. The molecule has 3 heterocycles. The number of aromatic nitrogens is 3. The minimum absolute atomic E-state index is 0.211. The van der Waals surface area contributed by atoms with Crippen LogP contribution in [0.3, 0.4) is 0 Å². The van der Waals surface area contributed by atoms with Gasteiger partial charge in [0.25, 0.3) is 11.1 Å². The van der Waals surface area contributed by atoms with Gasteiger partial charge in [-0.05, 0) is 48.6 Å². The lowest BCUT2D eigenvalue weighted by Crippen LogP contribution is -2.51. The highest BCUT2D eigenvalue weighted by Crippen LogP contribution is 2.45. The number of carbonyl (C=O) groups is 1. The van der Waals surface area contributed by atoms with Gasteiger partial charge in [-0.25, -0.2) is 4.98 Å². The van der Waals surface area contributed by atoms with Gasteiger partial charge in [-0.2, -0.15) is 9.55 Å². The average Bonchev–Trinajstić information content (AvgIpc) is 3.16. The third-order valence-corrected chi connectivity index (χ3v) is 7.88. The van der Waals surface area contributed by atoms with Crippen LogP contribution in [0.15, 0.2) is 42.6 Å². The van der Waals surface area contributed by atoms with E-state index in [-0.39, 0.29) is 5.91 Å². The Bertz CT molecular complexity index is 1290. The molecule has 10 heteroatoms. The molecule has 2 aromatic heterocycles. The van der Waals surface area contributed by atoms with Crippen molar-refractivity contribution in [3.8, 4) is 0 Å². The molecule has 1 aliphatic carbocycles. The molecule has 1 saturated carbocycles. The van der Waals surface area contributed by atoms with E-state index < -0.39 is 0 Å². The Morgan fingerprint density at radius 3 is 2.78 bits per heavy atom. The van der Waals surface area contributed by atoms with Crippen molar-refractivity contribution in [1.82, 2.24) is 15.3 Å². The fourth-order valence-corrected chi connectivity index (χ4v) is 6.02. The lowest BCUT2D eigenvalue weighted by atomic mass is 9.84. The Kier molecular flexibility index (Phi) is 7.27. The number of halogens is 2. The Morgan fingerprint density at radius 2 is 1.97 bits per heavy atom. The zero-order valence-corrected chi connectivity index (χ0v) is 21.7. The Labute approximate surface area is 220 Å². The lowest BCUT2D eigenvalue weighted by molar-refractivity contribution is -0.737. The van der Waals surface area contributed by atoms with Gasteiger partial charge in [0.05, 0.1) is 17.4 Å². The Balaban J connectivity index is 1.41. The molecule has 188 valence electrons.